The number of hydrogen-bond donors (Lipinski definition) is 0. The second-order valence-electron chi connectivity index (χ2n) is 10.2. The van der Waals surface area contributed by atoms with Gasteiger partial charge < -0.3 is 4.57 Å². The second-order valence-corrected chi connectivity index (χ2v) is 10.2. The van der Waals surface area contributed by atoms with E-state index in [4.69, 9.17) is 15.0 Å². The van der Waals surface area contributed by atoms with Crippen molar-refractivity contribution in [1.29, 1.82) is 0 Å². The first-order valence-corrected chi connectivity index (χ1v) is 13.7. The summed E-state index contributed by atoms with van der Waals surface area (Å²) in [5, 5.41) is 4.93. The van der Waals surface area contributed by atoms with Crippen LogP contribution in [0, 0.1) is 0 Å². The van der Waals surface area contributed by atoms with E-state index in [9.17, 15) is 0 Å². The Bertz CT molecular complexity index is 2140. The molecule has 0 fully saturated rings. The van der Waals surface area contributed by atoms with Gasteiger partial charge in [-0.1, -0.05) is 115 Å². The maximum atomic E-state index is 4.96. The topological polar surface area (TPSA) is 43.6 Å². The molecule has 0 aliphatic heterocycles. The molecule has 0 saturated heterocycles. The fourth-order valence-electron chi connectivity index (χ4n) is 5.66. The number of aromatic nitrogens is 4. The Morgan fingerprint density at radius 2 is 0.902 bits per heavy atom. The lowest BCUT2D eigenvalue weighted by Gasteiger charge is -2.12. The van der Waals surface area contributed by atoms with Gasteiger partial charge in [0.1, 0.15) is 0 Å². The minimum atomic E-state index is 0.644. The molecule has 41 heavy (non-hydrogen) atoms. The standard InChI is InChI=1S/C37H24N4/c1-3-12-25(13-4-1)35-38-36(26-14-5-2-6-15-26)40-37(39-35)29-18-11-19-30(22-29)41-33-21-10-9-20-31(33)32-23-27-16-7-8-17-28(27)24-34(32)41/h1-24H. The molecule has 0 atom stereocenters. The predicted molar refractivity (Wildman–Crippen MR) is 168 cm³/mol. The summed E-state index contributed by atoms with van der Waals surface area (Å²) in [6.07, 6.45) is 0. The number of nitrogens with zero attached hydrogens (tertiary/aromatic N) is 4. The van der Waals surface area contributed by atoms with Gasteiger partial charge in [0.05, 0.1) is 11.0 Å². The zero-order chi connectivity index (χ0) is 27.2. The van der Waals surface area contributed by atoms with Crippen LogP contribution >= 0.6 is 0 Å². The van der Waals surface area contributed by atoms with Crippen LogP contribution in [0.2, 0.25) is 0 Å². The van der Waals surface area contributed by atoms with Crippen LogP contribution < -0.4 is 0 Å². The molecule has 4 nitrogen and oxygen atoms in total. The van der Waals surface area contributed by atoms with E-state index in [1.54, 1.807) is 0 Å². The monoisotopic (exact) mass is 524 g/mol. The van der Waals surface area contributed by atoms with Gasteiger partial charge in [-0.2, -0.15) is 0 Å². The minimum Gasteiger partial charge on any atom is -0.309 e. The van der Waals surface area contributed by atoms with Crippen molar-refractivity contribution in [1.82, 2.24) is 19.5 Å². The first-order valence-electron chi connectivity index (χ1n) is 13.7. The fraction of sp³-hybridized carbons (Fsp3) is 0. The van der Waals surface area contributed by atoms with Gasteiger partial charge in [-0.25, -0.2) is 15.0 Å². The summed E-state index contributed by atoms with van der Waals surface area (Å²) < 4.78 is 2.35. The molecule has 4 heteroatoms. The van der Waals surface area contributed by atoms with Crippen LogP contribution in [0.3, 0.4) is 0 Å². The Balaban J connectivity index is 1.35. The lowest BCUT2D eigenvalue weighted by molar-refractivity contribution is 1.07. The molecular weight excluding hydrogens is 500 g/mol. The molecule has 8 aromatic rings. The van der Waals surface area contributed by atoms with Gasteiger partial charge in [0.25, 0.3) is 0 Å². The van der Waals surface area contributed by atoms with Crippen molar-refractivity contribution in [3.05, 3.63) is 146 Å². The van der Waals surface area contributed by atoms with Crippen molar-refractivity contribution in [2.45, 2.75) is 0 Å². The summed E-state index contributed by atoms with van der Waals surface area (Å²) in [6, 6.07) is 50.4. The van der Waals surface area contributed by atoms with E-state index in [-0.39, 0.29) is 0 Å². The molecular formula is C37H24N4. The van der Waals surface area contributed by atoms with Crippen molar-refractivity contribution in [3.63, 3.8) is 0 Å². The average Bonchev–Trinajstić information content (AvgIpc) is 3.37. The van der Waals surface area contributed by atoms with E-state index < -0.39 is 0 Å². The van der Waals surface area contributed by atoms with Crippen LogP contribution in [0.5, 0.6) is 0 Å². The van der Waals surface area contributed by atoms with Crippen molar-refractivity contribution in [3.8, 4) is 39.9 Å². The van der Waals surface area contributed by atoms with E-state index in [0.29, 0.717) is 17.5 Å². The number of rotatable bonds is 4. The third-order valence-electron chi connectivity index (χ3n) is 7.60. The molecule has 2 aromatic heterocycles. The largest absolute Gasteiger partial charge is 0.309 e. The van der Waals surface area contributed by atoms with Gasteiger partial charge in [-0.15, -0.1) is 0 Å². The molecule has 0 aliphatic rings. The summed E-state index contributed by atoms with van der Waals surface area (Å²) >= 11 is 0. The van der Waals surface area contributed by atoms with Crippen LogP contribution in [0.15, 0.2) is 146 Å². The average molecular weight is 525 g/mol. The molecule has 0 radical (unpaired) electrons. The Hall–Kier alpha value is -5.61. The van der Waals surface area contributed by atoms with E-state index in [0.717, 1.165) is 22.4 Å². The number of hydrogen-bond acceptors (Lipinski definition) is 3. The maximum absolute atomic E-state index is 4.96. The normalized spacial score (nSPS) is 11.4. The van der Waals surface area contributed by atoms with E-state index in [1.165, 1.54) is 32.6 Å². The molecule has 0 saturated carbocycles. The van der Waals surface area contributed by atoms with Crippen LogP contribution in [0.4, 0.5) is 0 Å². The van der Waals surface area contributed by atoms with Crippen LogP contribution in [-0.2, 0) is 0 Å². The highest BCUT2D eigenvalue weighted by Gasteiger charge is 2.16. The summed E-state index contributed by atoms with van der Waals surface area (Å²) in [4.78, 5) is 14.8. The van der Waals surface area contributed by atoms with E-state index in [2.05, 4.69) is 89.5 Å². The fourth-order valence-corrected chi connectivity index (χ4v) is 5.66. The molecule has 0 spiro atoms. The lowest BCUT2D eigenvalue weighted by Crippen LogP contribution is -2.01. The molecule has 0 bridgehead atoms. The quantitative estimate of drug-likeness (QED) is 0.231. The zero-order valence-electron chi connectivity index (χ0n) is 22.1. The highest BCUT2D eigenvalue weighted by molar-refractivity contribution is 6.13. The first kappa shape index (κ1) is 23.3. The summed E-state index contributed by atoms with van der Waals surface area (Å²) in [5.41, 5.74) is 6.25. The highest BCUT2D eigenvalue weighted by Crippen LogP contribution is 2.35. The summed E-state index contributed by atoms with van der Waals surface area (Å²) in [5.74, 6) is 1.96. The highest BCUT2D eigenvalue weighted by atomic mass is 15.0. The number of fused-ring (bicyclic) bond motifs is 4. The van der Waals surface area contributed by atoms with E-state index in [1.807, 2.05) is 60.7 Å². The maximum Gasteiger partial charge on any atom is 0.164 e. The van der Waals surface area contributed by atoms with Crippen LogP contribution in [0.25, 0.3) is 72.4 Å². The Labute approximate surface area is 237 Å². The molecule has 6 aromatic carbocycles. The SMILES string of the molecule is c1ccc(-c2nc(-c3ccccc3)nc(-c3cccc(-n4c5ccccc5c5cc6ccccc6cc54)c3)n2)cc1. The molecule has 2 heterocycles. The molecule has 192 valence electrons. The summed E-state index contributed by atoms with van der Waals surface area (Å²) in [6.45, 7) is 0. The molecule has 0 aliphatic carbocycles. The second kappa shape index (κ2) is 9.54. The number of benzene rings is 6. The Morgan fingerprint density at radius 3 is 1.59 bits per heavy atom. The third kappa shape index (κ3) is 4.05. The number of para-hydroxylation sites is 1. The van der Waals surface area contributed by atoms with Gasteiger partial charge in [-0.05, 0) is 41.1 Å². The van der Waals surface area contributed by atoms with Gasteiger partial charge in [0, 0.05) is 33.2 Å². The zero-order valence-corrected chi connectivity index (χ0v) is 22.1. The van der Waals surface area contributed by atoms with Crippen LogP contribution in [-0.4, -0.2) is 19.5 Å². The molecule has 0 N–H and O–H groups in total. The molecule has 0 unspecified atom stereocenters. The molecule has 8 rings (SSSR count). The Morgan fingerprint density at radius 1 is 0.366 bits per heavy atom. The van der Waals surface area contributed by atoms with Gasteiger partial charge in [0.15, 0.2) is 17.5 Å². The van der Waals surface area contributed by atoms with Crippen molar-refractivity contribution >= 4 is 32.6 Å². The van der Waals surface area contributed by atoms with Gasteiger partial charge >= 0.3 is 0 Å². The predicted octanol–water partition coefficient (Wildman–Crippen LogP) is 9.12. The molecule has 0 amide bonds. The van der Waals surface area contributed by atoms with E-state index >= 15 is 0 Å². The summed E-state index contributed by atoms with van der Waals surface area (Å²) in [7, 11) is 0. The van der Waals surface area contributed by atoms with Gasteiger partial charge in [0.2, 0.25) is 0 Å². The minimum absolute atomic E-state index is 0.644. The van der Waals surface area contributed by atoms with Crippen molar-refractivity contribution in [2.75, 3.05) is 0 Å². The lowest BCUT2D eigenvalue weighted by atomic mass is 10.1. The van der Waals surface area contributed by atoms with Gasteiger partial charge in [-0.3, -0.25) is 0 Å². The Kier molecular flexibility index (Phi) is 5.42. The van der Waals surface area contributed by atoms with Crippen molar-refractivity contribution < 1.29 is 0 Å². The third-order valence-corrected chi connectivity index (χ3v) is 7.60. The first-order chi connectivity index (χ1) is 20.3. The van der Waals surface area contributed by atoms with Crippen molar-refractivity contribution in [2.24, 2.45) is 0 Å². The smallest absolute Gasteiger partial charge is 0.164 e. The van der Waals surface area contributed by atoms with Crippen LogP contribution in [0.1, 0.15) is 0 Å².